The maximum atomic E-state index is 11.8. The summed E-state index contributed by atoms with van der Waals surface area (Å²) in [6, 6.07) is 7.72. The number of carbonyl (C=O) groups excluding carboxylic acids is 1. The van der Waals surface area contributed by atoms with Gasteiger partial charge in [-0.1, -0.05) is 59.1 Å². The first-order chi connectivity index (χ1) is 10.6. The molecule has 0 heterocycles. The second-order valence-corrected chi connectivity index (χ2v) is 6.12. The fourth-order valence-corrected chi connectivity index (χ4v) is 2.41. The van der Waals surface area contributed by atoms with Gasteiger partial charge in [0.05, 0.1) is 0 Å². The fourth-order valence-electron chi connectivity index (χ4n) is 2.41. The molecule has 0 aromatic heterocycles. The van der Waals surface area contributed by atoms with Crippen LogP contribution in [0.5, 0.6) is 5.75 Å². The molecule has 1 aromatic carbocycles. The average molecular weight is 306 g/mol. The summed E-state index contributed by atoms with van der Waals surface area (Å²) in [6.07, 6.45) is 6.20. The summed E-state index contributed by atoms with van der Waals surface area (Å²) in [6.45, 7) is 8.29. The molecule has 1 atom stereocenters. The Morgan fingerprint density at radius 2 is 1.73 bits per heavy atom. The number of hydrogen-bond acceptors (Lipinski definition) is 3. The number of benzene rings is 1. The van der Waals surface area contributed by atoms with Gasteiger partial charge in [-0.15, -0.1) is 0 Å². The van der Waals surface area contributed by atoms with E-state index in [0.717, 1.165) is 12.8 Å². The summed E-state index contributed by atoms with van der Waals surface area (Å²) in [5, 5.41) is 0. The van der Waals surface area contributed by atoms with Gasteiger partial charge in [-0.3, -0.25) is 0 Å². The fraction of sp³-hybridized carbons (Fsp3) is 0.632. The molecule has 0 aliphatic carbocycles. The Morgan fingerprint density at radius 1 is 1.05 bits per heavy atom. The quantitative estimate of drug-likeness (QED) is 0.330. The van der Waals surface area contributed by atoms with Gasteiger partial charge in [0.15, 0.2) is 0 Å². The molecule has 124 valence electrons. The molecular formula is C19H30O3. The lowest BCUT2D eigenvalue weighted by Crippen LogP contribution is -2.24. The Kier molecular flexibility index (Phi) is 8.64. The van der Waals surface area contributed by atoms with Crippen LogP contribution in [0.2, 0.25) is 0 Å². The smallest absolute Gasteiger partial charge is 0.430 e. The van der Waals surface area contributed by atoms with Crippen molar-refractivity contribution in [2.75, 3.05) is 0 Å². The molecule has 0 aliphatic rings. The van der Waals surface area contributed by atoms with Crippen molar-refractivity contribution in [3.63, 3.8) is 0 Å². The Labute approximate surface area is 135 Å². The first-order valence-electron chi connectivity index (χ1n) is 8.54. The highest BCUT2D eigenvalue weighted by Crippen LogP contribution is 2.17. The van der Waals surface area contributed by atoms with Gasteiger partial charge in [0.25, 0.3) is 0 Å². The molecule has 0 aliphatic heterocycles. The van der Waals surface area contributed by atoms with E-state index in [-0.39, 0.29) is 6.10 Å². The van der Waals surface area contributed by atoms with E-state index in [1.54, 1.807) is 0 Å². The zero-order valence-corrected chi connectivity index (χ0v) is 14.4. The highest BCUT2D eigenvalue weighted by atomic mass is 16.7. The molecule has 1 aromatic rings. The second kappa shape index (κ2) is 10.3. The number of carbonyl (C=O) groups is 1. The molecule has 22 heavy (non-hydrogen) atoms. The molecule has 0 spiro atoms. The van der Waals surface area contributed by atoms with Gasteiger partial charge < -0.3 is 9.47 Å². The molecule has 0 amide bonds. The SMILES string of the molecule is CCCCCCc1ccc(OC(=O)OC(CC)C(C)C)cc1. The van der Waals surface area contributed by atoms with Gasteiger partial charge in [0.1, 0.15) is 11.9 Å². The maximum absolute atomic E-state index is 11.8. The molecule has 0 saturated carbocycles. The zero-order chi connectivity index (χ0) is 16.4. The zero-order valence-electron chi connectivity index (χ0n) is 14.4. The van der Waals surface area contributed by atoms with E-state index in [4.69, 9.17) is 9.47 Å². The van der Waals surface area contributed by atoms with Gasteiger partial charge >= 0.3 is 6.16 Å². The van der Waals surface area contributed by atoms with Crippen molar-refractivity contribution in [1.82, 2.24) is 0 Å². The van der Waals surface area contributed by atoms with Crippen LogP contribution in [0.25, 0.3) is 0 Å². The van der Waals surface area contributed by atoms with E-state index in [0.29, 0.717) is 11.7 Å². The van der Waals surface area contributed by atoms with Crippen molar-refractivity contribution in [2.45, 2.75) is 72.3 Å². The summed E-state index contributed by atoms with van der Waals surface area (Å²) in [5.74, 6) is 0.837. The summed E-state index contributed by atoms with van der Waals surface area (Å²) >= 11 is 0. The Balaban J connectivity index is 2.41. The molecule has 0 fully saturated rings. The van der Waals surface area contributed by atoms with Crippen LogP contribution in [0.4, 0.5) is 4.79 Å². The molecule has 0 saturated heterocycles. The van der Waals surface area contributed by atoms with Gasteiger partial charge in [-0.25, -0.2) is 4.79 Å². The number of unbranched alkanes of at least 4 members (excludes halogenated alkanes) is 3. The molecular weight excluding hydrogens is 276 g/mol. The van der Waals surface area contributed by atoms with Crippen LogP contribution in [0, 0.1) is 5.92 Å². The minimum atomic E-state index is -0.615. The lowest BCUT2D eigenvalue weighted by molar-refractivity contribution is 0.0358. The highest BCUT2D eigenvalue weighted by Gasteiger charge is 2.17. The topological polar surface area (TPSA) is 35.5 Å². The van der Waals surface area contributed by atoms with Crippen LogP contribution < -0.4 is 4.74 Å². The number of hydrogen-bond donors (Lipinski definition) is 0. The van der Waals surface area contributed by atoms with Crippen LogP contribution in [0.1, 0.15) is 65.4 Å². The van der Waals surface area contributed by atoms with Crippen LogP contribution in [-0.4, -0.2) is 12.3 Å². The van der Waals surface area contributed by atoms with E-state index < -0.39 is 6.16 Å². The van der Waals surface area contributed by atoms with Gasteiger partial charge in [-0.05, 0) is 42.9 Å². The third kappa shape index (κ3) is 6.97. The van der Waals surface area contributed by atoms with Crippen molar-refractivity contribution < 1.29 is 14.3 Å². The molecule has 1 rings (SSSR count). The van der Waals surface area contributed by atoms with Crippen molar-refractivity contribution in [2.24, 2.45) is 5.92 Å². The van der Waals surface area contributed by atoms with Crippen LogP contribution in [0.15, 0.2) is 24.3 Å². The van der Waals surface area contributed by atoms with Crippen LogP contribution >= 0.6 is 0 Å². The Morgan fingerprint density at radius 3 is 2.27 bits per heavy atom. The van der Waals surface area contributed by atoms with E-state index in [9.17, 15) is 4.79 Å². The Bertz CT molecular complexity index is 423. The van der Waals surface area contributed by atoms with Crippen molar-refractivity contribution in [1.29, 1.82) is 0 Å². The predicted octanol–water partition coefficient (Wildman–Crippen LogP) is 5.76. The first-order valence-corrected chi connectivity index (χ1v) is 8.54. The summed E-state index contributed by atoms with van der Waals surface area (Å²) in [4.78, 5) is 11.8. The molecule has 1 unspecified atom stereocenters. The highest BCUT2D eigenvalue weighted by molar-refractivity contribution is 5.64. The van der Waals surface area contributed by atoms with Crippen molar-refractivity contribution in [3.05, 3.63) is 29.8 Å². The second-order valence-electron chi connectivity index (χ2n) is 6.12. The standard InChI is InChI=1S/C19H30O3/c1-5-7-8-9-10-16-11-13-17(14-12-16)21-19(20)22-18(6-2)15(3)4/h11-15,18H,5-10H2,1-4H3. The van der Waals surface area contributed by atoms with E-state index in [2.05, 4.69) is 6.92 Å². The lowest BCUT2D eigenvalue weighted by Gasteiger charge is -2.19. The maximum Gasteiger partial charge on any atom is 0.514 e. The Hall–Kier alpha value is -1.51. The first kappa shape index (κ1) is 18.5. The summed E-state index contributed by atoms with van der Waals surface area (Å²) in [7, 11) is 0. The molecule has 0 N–H and O–H groups in total. The minimum Gasteiger partial charge on any atom is -0.430 e. The van der Waals surface area contributed by atoms with E-state index in [1.807, 2.05) is 45.0 Å². The summed E-state index contributed by atoms with van der Waals surface area (Å²) in [5.41, 5.74) is 1.28. The average Bonchev–Trinajstić information content (AvgIpc) is 2.50. The van der Waals surface area contributed by atoms with Gasteiger partial charge in [-0.2, -0.15) is 0 Å². The molecule has 3 heteroatoms. The number of ether oxygens (including phenoxy) is 2. The molecule has 3 nitrogen and oxygen atoms in total. The largest absolute Gasteiger partial charge is 0.514 e. The number of rotatable bonds is 9. The monoisotopic (exact) mass is 306 g/mol. The van der Waals surface area contributed by atoms with Crippen molar-refractivity contribution >= 4 is 6.16 Å². The van der Waals surface area contributed by atoms with E-state index in [1.165, 1.54) is 31.2 Å². The normalized spacial score (nSPS) is 12.2. The third-order valence-corrected chi connectivity index (χ3v) is 3.84. The molecule has 0 bridgehead atoms. The number of aryl methyl sites for hydroxylation is 1. The predicted molar refractivity (Wildman–Crippen MR) is 90.3 cm³/mol. The molecule has 0 radical (unpaired) electrons. The van der Waals surface area contributed by atoms with Gasteiger partial charge in [0.2, 0.25) is 0 Å². The summed E-state index contributed by atoms with van der Waals surface area (Å²) < 4.78 is 10.6. The lowest BCUT2D eigenvalue weighted by atomic mass is 10.1. The minimum absolute atomic E-state index is 0.0923. The third-order valence-electron chi connectivity index (χ3n) is 3.84. The van der Waals surface area contributed by atoms with Crippen LogP contribution in [0.3, 0.4) is 0 Å². The van der Waals surface area contributed by atoms with E-state index >= 15 is 0 Å². The van der Waals surface area contributed by atoms with Crippen LogP contribution in [-0.2, 0) is 11.2 Å². The van der Waals surface area contributed by atoms with Gasteiger partial charge in [0, 0.05) is 0 Å². The van der Waals surface area contributed by atoms with Crippen molar-refractivity contribution in [3.8, 4) is 5.75 Å².